The third kappa shape index (κ3) is 5.19. The quantitative estimate of drug-likeness (QED) is 0.671. The number of hydrogen-bond acceptors (Lipinski definition) is 2. The van der Waals surface area contributed by atoms with E-state index in [0.29, 0.717) is 6.04 Å². The van der Waals surface area contributed by atoms with Crippen LogP contribution in [-0.4, -0.2) is 19.8 Å². The second-order valence-corrected chi connectivity index (χ2v) is 4.79. The number of benzene rings is 1. The van der Waals surface area contributed by atoms with E-state index in [9.17, 15) is 0 Å². The Morgan fingerprint density at radius 3 is 2.61 bits per heavy atom. The van der Waals surface area contributed by atoms with Gasteiger partial charge in [-0.15, -0.1) is 0 Å². The summed E-state index contributed by atoms with van der Waals surface area (Å²) >= 11 is 0. The molecule has 2 heteroatoms. The fraction of sp³-hybridized carbons (Fsp3) is 0.625. The lowest BCUT2D eigenvalue weighted by Gasteiger charge is -2.21. The first-order valence-corrected chi connectivity index (χ1v) is 7.16. The summed E-state index contributed by atoms with van der Waals surface area (Å²) in [7, 11) is 0. The molecule has 0 saturated carbocycles. The van der Waals surface area contributed by atoms with Crippen molar-refractivity contribution < 1.29 is 4.74 Å². The maximum Gasteiger partial charge on any atom is 0.0661 e. The van der Waals surface area contributed by atoms with Gasteiger partial charge in [0, 0.05) is 6.61 Å². The Morgan fingerprint density at radius 2 is 1.94 bits per heavy atom. The highest BCUT2D eigenvalue weighted by molar-refractivity contribution is 5.28. The van der Waals surface area contributed by atoms with E-state index in [2.05, 4.69) is 50.4 Å². The van der Waals surface area contributed by atoms with Crippen LogP contribution in [0.15, 0.2) is 24.3 Å². The molecule has 1 atom stereocenters. The van der Waals surface area contributed by atoms with Crippen molar-refractivity contribution in [2.45, 2.75) is 46.1 Å². The summed E-state index contributed by atoms with van der Waals surface area (Å²) in [6.07, 6.45) is 3.49. The van der Waals surface area contributed by atoms with Crippen LogP contribution in [0.5, 0.6) is 0 Å². The van der Waals surface area contributed by atoms with Crippen molar-refractivity contribution in [3.63, 3.8) is 0 Å². The fourth-order valence-electron chi connectivity index (χ4n) is 2.00. The van der Waals surface area contributed by atoms with Gasteiger partial charge in [0.1, 0.15) is 0 Å². The predicted octanol–water partition coefficient (Wildman–Crippen LogP) is 3.85. The van der Waals surface area contributed by atoms with Crippen LogP contribution in [-0.2, 0) is 4.74 Å². The van der Waals surface area contributed by atoms with Crippen LogP contribution >= 0.6 is 0 Å². The molecule has 1 aromatic carbocycles. The molecule has 0 aliphatic rings. The van der Waals surface area contributed by atoms with Gasteiger partial charge in [0.05, 0.1) is 12.6 Å². The Hall–Kier alpha value is -0.860. The molecule has 0 aliphatic carbocycles. The van der Waals surface area contributed by atoms with Crippen LogP contribution < -0.4 is 5.32 Å². The molecule has 0 radical (unpaired) electrons. The van der Waals surface area contributed by atoms with Crippen LogP contribution in [0.2, 0.25) is 0 Å². The third-order valence-corrected chi connectivity index (χ3v) is 3.13. The molecule has 0 aliphatic heterocycles. The Morgan fingerprint density at radius 1 is 1.17 bits per heavy atom. The van der Waals surface area contributed by atoms with Gasteiger partial charge < -0.3 is 10.1 Å². The minimum Gasteiger partial charge on any atom is -0.379 e. The zero-order valence-corrected chi connectivity index (χ0v) is 12.0. The molecule has 18 heavy (non-hydrogen) atoms. The van der Waals surface area contributed by atoms with Gasteiger partial charge in [0.15, 0.2) is 0 Å². The van der Waals surface area contributed by atoms with Crippen LogP contribution in [0.4, 0.5) is 0 Å². The monoisotopic (exact) mass is 249 g/mol. The van der Waals surface area contributed by atoms with Crippen molar-refractivity contribution in [3.05, 3.63) is 35.4 Å². The minimum absolute atomic E-state index is 0.322. The lowest BCUT2D eigenvalue weighted by molar-refractivity contribution is 0.109. The van der Waals surface area contributed by atoms with Gasteiger partial charge in [-0.05, 0) is 37.4 Å². The predicted molar refractivity (Wildman–Crippen MR) is 77.9 cm³/mol. The van der Waals surface area contributed by atoms with Crippen LogP contribution in [0.3, 0.4) is 0 Å². The Kier molecular flexibility index (Phi) is 7.70. The molecule has 0 bridgehead atoms. The van der Waals surface area contributed by atoms with Gasteiger partial charge in [0.2, 0.25) is 0 Å². The van der Waals surface area contributed by atoms with Crippen molar-refractivity contribution in [2.24, 2.45) is 0 Å². The number of unbranched alkanes of at least 4 members (excludes halogenated alkanes) is 1. The number of aryl methyl sites for hydroxylation is 1. The molecule has 1 rings (SSSR count). The molecule has 0 heterocycles. The van der Waals surface area contributed by atoms with Gasteiger partial charge in [0.25, 0.3) is 0 Å². The second kappa shape index (κ2) is 9.12. The minimum atomic E-state index is 0.322. The summed E-state index contributed by atoms with van der Waals surface area (Å²) < 4.78 is 5.78. The fourth-order valence-corrected chi connectivity index (χ4v) is 2.00. The summed E-state index contributed by atoms with van der Waals surface area (Å²) in [5.41, 5.74) is 2.70. The summed E-state index contributed by atoms with van der Waals surface area (Å²) in [6.45, 7) is 9.23. The SMILES string of the molecule is CCCCOCC(NCCC)c1ccccc1C. The van der Waals surface area contributed by atoms with E-state index in [-0.39, 0.29) is 0 Å². The van der Waals surface area contributed by atoms with Crippen molar-refractivity contribution in [1.82, 2.24) is 5.32 Å². The summed E-state index contributed by atoms with van der Waals surface area (Å²) in [5, 5.41) is 3.58. The average Bonchev–Trinajstić information content (AvgIpc) is 2.39. The highest BCUT2D eigenvalue weighted by atomic mass is 16.5. The molecule has 0 fully saturated rings. The van der Waals surface area contributed by atoms with E-state index < -0.39 is 0 Å². The molecule has 0 spiro atoms. The topological polar surface area (TPSA) is 21.3 Å². The number of rotatable bonds is 9. The highest BCUT2D eigenvalue weighted by Crippen LogP contribution is 2.18. The Bertz CT molecular complexity index is 325. The molecular weight excluding hydrogens is 222 g/mol. The maximum absolute atomic E-state index is 5.78. The number of ether oxygens (including phenoxy) is 1. The van der Waals surface area contributed by atoms with E-state index in [4.69, 9.17) is 4.74 Å². The van der Waals surface area contributed by atoms with Crippen molar-refractivity contribution >= 4 is 0 Å². The van der Waals surface area contributed by atoms with E-state index in [0.717, 1.165) is 32.6 Å². The zero-order chi connectivity index (χ0) is 13.2. The van der Waals surface area contributed by atoms with E-state index >= 15 is 0 Å². The van der Waals surface area contributed by atoms with Gasteiger partial charge in [-0.3, -0.25) is 0 Å². The van der Waals surface area contributed by atoms with Crippen LogP contribution in [0, 0.1) is 6.92 Å². The first kappa shape index (κ1) is 15.2. The Balaban J connectivity index is 2.57. The van der Waals surface area contributed by atoms with Crippen molar-refractivity contribution in [1.29, 1.82) is 0 Å². The molecule has 0 aromatic heterocycles. The van der Waals surface area contributed by atoms with E-state index in [1.165, 1.54) is 17.5 Å². The molecule has 0 amide bonds. The lowest BCUT2D eigenvalue weighted by Crippen LogP contribution is -2.27. The van der Waals surface area contributed by atoms with Crippen molar-refractivity contribution in [3.8, 4) is 0 Å². The molecule has 2 nitrogen and oxygen atoms in total. The molecular formula is C16H27NO. The van der Waals surface area contributed by atoms with Gasteiger partial charge in [-0.2, -0.15) is 0 Å². The highest BCUT2D eigenvalue weighted by Gasteiger charge is 2.12. The molecule has 1 unspecified atom stereocenters. The molecule has 102 valence electrons. The standard InChI is InChI=1S/C16H27NO/c1-4-6-12-18-13-16(17-11-5-2)15-10-8-7-9-14(15)3/h7-10,16-17H,4-6,11-13H2,1-3H3. The third-order valence-electron chi connectivity index (χ3n) is 3.13. The normalized spacial score (nSPS) is 12.6. The first-order chi connectivity index (χ1) is 8.79. The zero-order valence-electron chi connectivity index (χ0n) is 12.0. The lowest BCUT2D eigenvalue weighted by atomic mass is 10.0. The number of nitrogens with one attached hydrogen (secondary N) is 1. The smallest absolute Gasteiger partial charge is 0.0661 e. The molecule has 1 N–H and O–H groups in total. The van der Waals surface area contributed by atoms with Gasteiger partial charge >= 0.3 is 0 Å². The van der Waals surface area contributed by atoms with Crippen LogP contribution in [0.1, 0.15) is 50.3 Å². The molecule has 0 saturated heterocycles. The van der Waals surface area contributed by atoms with Crippen molar-refractivity contribution in [2.75, 3.05) is 19.8 Å². The summed E-state index contributed by atoms with van der Waals surface area (Å²) in [4.78, 5) is 0. The number of hydrogen-bond donors (Lipinski definition) is 1. The van der Waals surface area contributed by atoms with Crippen LogP contribution in [0.25, 0.3) is 0 Å². The first-order valence-electron chi connectivity index (χ1n) is 7.16. The summed E-state index contributed by atoms with van der Waals surface area (Å²) in [5.74, 6) is 0. The van der Waals surface area contributed by atoms with Gasteiger partial charge in [-0.1, -0.05) is 44.5 Å². The maximum atomic E-state index is 5.78. The molecule has 1 aromatic rings. The van der Waals surface area contributed by atoms with E-state index in [1.54, 1.807) is 0 Å². The second-order valence-electron chi connectivity index (χ2n) is 4.79. The average molecular weight is 249 g/mol. The summed E-state index contributed by atoms with van der Waals surface area (Å²) in [6, 6.07) is 8.89. The largest absolute Gasteiger partial charge is 0.379 e. The van der Waals surface area contributed by atoms with Gasteiger partial charge in [-0.25, -0.2) is 0 Å². The van der Waals surface area contributed by atoms with E-state index in [1.807, 2.05) is 0 Å². The Labute approximate surface area is 112 Å².